The molecule has 1 aromatic heterocycles. The second-order valence-electron chi connectivity index (χ2n) is 3.80. The number of rotatable bonds is 4. The predicted octanol–water partition coefficient (Wildman–Crippen LogP) is 1.68. The first-order chi connectivity index (χ1) is 8.60. The molecule has 0 aliphatic carbocycles. The first kappa shape index (κ1) is 12.1. The summed E-state index contributed by atoms with van der Waals surface area (Å²) >= 11 is 0. The lowest BCUT2D eigenvalue weighted by Gasteiger charge is -2.07. The summed E-state index contributed by atoms with van der Waals surface area (Å²) in [6, 6.07) is 5.71. The molecule has 0 aliphatic heterocycles. The Morgan fingerprint density at radius 3 is 2.83 bits per heavy atom. The summed E-state index contributed by atoms with van der Waals surface area (Å²) in [5.74, 6) is -0.687. The smallest absolute Gasteiger partial charge is 0.393 e. The number of carboxylic acids is 1. The number of nitrogens with zero attached hydrogens (tertiary/aromatic N) is 2. The minimum absolute atomic E-state index is 0.247. The number of carbonyl (C=O) groups is 1. The summed E-state index contributed by atoms with van der Waals surface area (Å²) in [5, 5.41) is 15.8. The number of benzene rings is 1. The molecule has 0 saturated heterocycles. The van der Waals surface area contributed by atoms with Crippen LogP contribution in [0, 0.1) is 6.92 Å². The zero-order valence-electron chi connectivity index (χ0n) is 10.0. The minimum Gasteiger partial charge on any atom is -0.496 e. The second-order valence-corrected chi connectivity index (χ2v) is 3.80. The Labute approximate surface area is 103 Å². The van der Waals surface area contributed by atoms with Crippen LogP contribution >= 0.6 is 0 Å². The molecule has 1 heterocycles. The van der Waals surface area contributed by atoms with E-state index in [2.05, 4.69) is 10.2 Å². The average molecular weight is 248 g/mol. The number of carboxylic acid groups (broad SMARTS) is 1. The summed E-state index contributed by atoms with van der Waals surface area (Å²) in [5.41, 5.74) is 1.95. The van der Waals surface area contributed by atoms with Gasteiger partial charge >= 0.3 is 11.9 Å². The van der Waals surface area contributed by atoms with E-state index in [-0.39, 0.29) is 5.89 Å². The van der Waals surface area contributed by atoms with Gasteiger partial charge in [0.2, 0.25) is 5.89 Å². The summed E-state index contributed by atoms with van der Waals surface area (Å²) in [7, 11) is 1.57. The van der Waals surface area contributed by atoms with Crippen molar-refractivity contribution in [3.8, 4) is 5.75 Å². The van der Waals surface area contributed by atoms with E-state index in [0.29, 0.717) is 12.2 Å². The highest BCUT2D eigenvalue weighted by Crippen LogP contribution is 2.22. The van der Waals surface area contributed by atoms with Crippen molar-refractivity contribution in [3.05, 3.63) is 41.1 Å². The lowest BCUT2D eigenvalue weighted by molar-refractivity contribution is 0.0651. The highest BCUT2D eigenvalue weighted by atomic mass is 16.5. The monoisotopic (exact) mass is 248 g/mol. The van der Waals surface area contributed by atoms with Crippen molar-refractivity contribution in [1.29, 1.82) is 0 Å². The number of aromatic nitrogens is 2. The van der Waals surface area contributed by atoms with Crippen molar-refractivity contribution in [3.63, 3.8) is 0 Å². The van der Waals surface area contributed by atoms with Crippen molar-refractivity contribution in [2.75, 3.05) is 7.11 Å². The molecular formula is C12H12N2O4. The van der Waals surface area contributed by atoms with Crippen molar-refractivity contribution >= 4 is 5.97 Å². The van der Waals surface area contributed by atoms with E-state index >= 15 is 0 Å². The van der Waals surface area contributed by atoms with Crippen molar-refractivity contribution in [1.82, 2.24) is 10.2 Å². The molecule has 1 N–H and O–H groups in total. The summed E-state index contributed by atoms with van der Waals surface area (Å²) < 4.78 is 10.2. The Balaban J connectivity index is 2.27. The predicted molar refractivity (Wildman–Crippen MR) is 61.8 cm³/mol. The maximum absolute atomic E-state index is 10.6. The third-order valence-electron chi connectivity index (χ3n) is 2.43. The molecule has 2 rings (SSSR count). The Hall–Kier alpha value is -2.37. The van der Waals surface area contributed by atoms with E-state index in [1.54, 1.807) is 7.11 Å². The van der Waals surface area contributed by atoms with Gasteiger partial charge in [0.05, 0.1) is 13.5 Å². The maximum Gasteiger partial charge on any atom is 0.393 e. The van der Waals surface area contributed by atoms with E-state index in [4.69, 9.17) is 14.3 Å². The first-order valence-electron chi connectivity index (χ1n) is 5.29. The van der Waals surface area contributed by atoms with Gasteiger partial charge in [0.15, 0.2) is 0 Å². The summed E-state index contributed by atoms with van der Waals surface area (Å²) in [6.07, 6.45) is 0.338. The van der Waals surface area contributed by atoms with Crippen LogP contribution in [0.1, 0.15) is 27.7 Å². The third kappa shape index (κ3) is 2.48. The zero-order valence-corrected chi connectivity index (χ0v) is 10.0. The molecular weight excluding hydrogens is 236 g/mol. The average Bonchev–Trinajstić information content (AvgIpc) is 2.78. The quantitative estimate of drug-likeness (QED) is 0.885. The van der Waals surface area contributed by atoms with E-state index in [1.165, 1.54) is 0 Å². The molecule has 18 heavy (non-hydrogen) atoms. The molecule has 0 bridgehead atoms. The van der Waals surface area contributed by atoms with E-state index in [0.717, 1.165) is 11.1 Å². The van der Waals surface area contributed by atoms with Gasteiger partial charge in [-0.1, -0.05) is 17.7 Å². The fourth-order valence-corrected chi connectivity index (χ4v) is 1.62. The number of hydrogen-bond acceptors (Lipinski definition) is 5. The van der Waals surface area contributed by atoms with Crippen molar-refractivity contribution < 1.29 is 19.1 Å². The molecule has 0 amide bonds. The molecule has 0 spiro atoms. The van der Waals surface area contributed by atoms with Gasteiger partial charge in [-0.15, -0.1) is 10.2 Å². The van der Waals surface area contributed by atoms with Gasteiger partial charge in [0.1, 0.15) is 5.75 Å². The topological polar surface area (TPSA) is 85.5 Å². The number of aromatic carboxylic acids is 1. The second kappa shape index (κ2) is 4.87. The molecule has 2 aromatic rings. The molecule has 0 unspecified atom stereocenters. The van der Waals surface area contributed by atoms with Crippen LogP contribution in [-0.2, 0) is 6.42 Å². The number of methoxy groups -OCH3 is 1. The maximum atomic E-state index is 10.6. The van der Waals surface area contributed by atoms with Crippen LogP contribution in [0.5, 0.6) is 5.75 Å². The summed E-state index contributed by atoms with van der Waals surface area (Å²) in [6.45, 7) is 1.96. The first-order valence-corrected chi connectivity index (χ1v) is 5.29. The van der Waals surface area contributed by atoms with Gasteiger partial charge in [-0.2, -0.15) is 0 Å². The standard InChI is InChI=1S/C12H12N2O4/c1-7-3-4-9(17-2)8(5-7)6-10-13-14-11(18-10)12(15)16/h3-5H,6H2,1-2H3,(H,15,16). The largest absolute Gasteiger partial charge is 0.496 e. The highest BCUT2D eigenvalue weighted by molar-refractivity contribution is 5.81. The van der Waals surface area contributed by atoms with E-state index in [9.17, 15) is 4.79 Å². The van der Waals surface area contributed by atoms with Crippen LogP contribution in [-0.4, -0.2) is 28.4 Å². The van der Waals surface area contributed by atoms with Gasteiger partial charge in [-0.05, 0) is 13.0 Å². The molecule has 94 valence electrons. The summed E-state index contributed by atoms with van der Waals surface area (Å²) in [4.78, 5) is 10.6. The van der Waals surface area contributed by atoms with Crippen LogP contribution in [0.25, 0.3) is 0 Å². The van der Waals surface area contributed by atoms with Crippen molar-refractivity contribution in [2.45, 2.75) is 13.3 Å². The number of aryl methyl sites for hydroxylation is 1. The molecule has 6 nitrogen and oxygen atoms in total. The molecule has 0 radical (unpaired) electrons. The van der Waals surface area contributed by atoms with Crippen LogP contribution in [0.3, 0.4) is 0 Å². The van der Waals surface area contributed by atoms with Crippen LogP contribution in [0.2, 0.25) is 0 Å². The fraction of sp³-hybridized carbons (Fsp3) is 0.250. The number of hydrogen-bond donors (Lipinski definition) is 1. The van der Waals surface area contributed by atoms with Crippen molar-refractivity contribution in [2.24, 2.45) is 0 Å². The SMILES string of the molecule is COc1ccc(C)cc1Cc1nnc(C(=O)O)o1. The van der Waals surface area contributed by atoms with E-state index < -0.39 is 11.9 Å². The van der Waals surface area contributed by atoms with Gasteiger partial charge < -0.3 is 14.3 Å². The van der Waals surface area contributed by atoms with Gasteiger partial charge in [0.25, 0.3) is 0 Å². The zero-order chi connectivity index (χ0) is 13.1. The Kier molecular flexibility index (Phi) is 3.27. The Morgan fingerprint density at radius 1 is 1.44 bits per heavy atom. The molecule has 6 heteroatoms. The highest BCUT2D eigenvalue weighted by Gasteiger charge is 2.14. The minimum atomic E-state index is -1.23. The lowest BCUT2D eigenvalue weighted by Crippen LogP contribution is -1.95. The molecule has 0 saturated carbocycles. The van der Waals surface area contributed by atoms with Crippen LogP contribution < -0.4 is 4.74 Å². The molecule has 0 fully saturated rings. The van der Waals surface area contributed by atoms with Gasteiger partial charge in [-0.3, -0.25) is 0 Å². The number of ether oxygens (including phenoxy) is 1. The Morgan fingerprint density at radius 2 is 2.22 bits per heavy atom. The molecule has 1 aromatic carbocycles. The molecule has 0 atom stereocenters. The lowest BCUT2D eigenvalue weighted by atomic mass is 10.1. The van der Waals surface area contributed by atoms with E-state index in [1.807, 2.05) is 25.1 Å². The van der Waals surface area contributed by atoms with Crippen LogP contribution in [0.4, 0.5) is 0 Å². The van der Waals surface area contributed by atoms with Gasteiger partial charge in [-0.25, -0.2) is 4.79 Å². The third-order valence-corrected chi connectivity index (χ3v) is 2.43. The van der Waals surface area contributed by atoms with Gasteiger partial charge in [0, 0.05) is 5.56 Å². The molecule has 0 aliphatic rings. The normalized spacial score (nSPS) is 10.3. The van der Waals surface area contributed by atoms with Crippen LogP contribution in [0.15, 0.2) is 22.6 Å². The Bertz CT molecular complexity index is 577. The fourth-order valence-electron chi connectivity index (χ4n) is 1.62.